The molecule has 0 spiro atoms. The van der Waals surface area contributed by atoms with E-state index in [9.17, 15) is 5.11 Å². The van der Waals surface area contributed by atoms with Gasteiger partial charge in [0, 0.05) is 36.1 Å². The molecule has 0 saturated carbocycles. The summed E-state index contributed by atoms with van der Waals surface area (Å²) in [5.41, 5.74) is 2.84. The van der Waals surface area contributed by atoms with Crippen LogP contribution in [-0.4, -0.2) is 38.9 Å². The van der Waals surface area contributed by atoms with Gasteiger partial charge in [0.25, 0.3) is 0 Å². The van der Waals surface area contributed by atoms with E-state index < -0.39 is 0 Å². The Labute approximate surface area is 132 Å². The SMILES string of the molecule is OC1CCN(c2nccn3nc(-c4ccc(Cl)cc4)cc23)C1. The maximum atomic E-state index is 9.74. The fraction of sp³-hybridized carbons (Fsp3) is 0.250. The summed E-state index contributed by atoms with van der Waals surface area (Å²) >= 11 is 5.94. The number of halogens is 1. The van der Waals surface area contributed by atoms with Crippen molar-refractivity contribution in [3.8, 4) is 11.3 Å². The highest BCUT2D eigenvalue weighted by molar-refractivity contribution is 6.30. The second-order valence-electron chi connectivity index (χ2n) is 5.51. The van der Waals surface area contributed by atoms with Crippen LogP contribution in [0.15, 0.2) is 42.7 Å². The van der Waals surface area contributed by atoms with Gasteiger partial charge in [-0.15, -0.1) is 0 Å². The molecule has 3 aromatic rings. The molecule has 112 valence electrons. The largest absolute Gasteiger partial charge is 0.391 e. The first-order valence-corrected chi connectivity index (χ1v) is 7.62. The predicted octanol–water partition coefficient (Wildman–Crippen LogP) is 2.62. The van der Waals surface area contributed by atoms with E-state index in [4.69, 9.17) is 11.6 Å². The number of aliphatic hydroxyl groups excluding tert-OH is 1. The monoisotopic (exact) mass is 314 g/mol. The van der Waals surface area contributed by atoms with Crippen LogP contribution in [-0.2, 0) is 0 Å². The Bertz CT molecular complexity index is 815. The molecule has 1 saturated heterocycles. The van der Waals surface area contributed by atoms with Gasteiger partial charge in [-0.1, -0.05) is 23.7 Å². The van der Waals surface area contributed by atoms with Crippen molar-refractivity contribution in [2.45, 2.75) is 12.5 Å². The highest BCUT2D eigenvalue weighted by atomic mass is 35.5. The number of rotatable bonds is 2. The van der Waals surface area contributed by atoms with Crippen molar-refractivity contribution in [1.29, 1.82) is 0 Å². The molecule has 1 atom stereocenters. The van der Waals surface area contributed by atoms with E-state index in [0.29, 0.717) is 11.6 Å². The fourth-order valence-electron chi connectivity index (χ4n) is 2.85. The molecular formula is C16H15ClN4O. The van der Waals surface area contributed by atoms with Crippen LogP contribution >= 0.6 is 11.6 Å². The number of hydrogen-bond donors (Lipinski definition) is 1. The molecule has 0 amide bonds. The van der Waals surface area contributed by atoms with Crippen LogP contribution in [0.3, 0.4) is 0 Å². The molecule has 1 aromatic carbocycles. The molecule has 1 unspecified atom stereocenters. The van der Waals surface area contributed by atoms with Gasteiger partial charge in [-0.25, -0.2) is 9.50 Å². The third-order valence-electron chi connectivity index (χ3n) is 3.97. The zero-order valence-electron chi connectivity index (χ0n) is 11.9. The number of fused-ring (bicyclic) bond motifs is 1. The third-order valence-corrected chi connectivity index (χ3v) is 4.22. The van der Waals surface area contributed by atoms with Crippen molar-refractivity contribution in [2.24, 2.45) is 0 Å². The molecule has 0 bridgehead atoms. The number of aromatic nitrogens is 3. The number of hydrogen-bond acceptors (Lipinski definition) is 4. The van der Waals surface area contributed by atoms with E-state index in [2.05, 4.69) is 15.0 Å². The molecule has 1 N–H and O–H groups in total. The molecule has 3 heterocycles. The van der Waals surface area contributed by atoms with E-state index in [-0.39, 0.29) is 6.10 Å². The van der Waals surface area contributed by atoms with Gasteiger partial charge in [0.2, 0.25) is 0 Å². The second kappa shape index (κ2) is 5.26. The van der Waals surface area contributed by atoms with Crippen LogP contribution < -0.4 is 4.90 Å². The summed E-state index contributed by atoms with van der Waals surface area (Å²) in [5, 5.41) is 15.1. The average molecular weight is 315 g/mol. The third kappa shape index (κ3) is 2.32. The van der Waals surface area contributed by atoms with Crippen molar-refractivity contribution in [1.82, 2.24) is 14.6 Å². The number of aliphatic hydroxyl groups is 1. The summed E-state index contributed by atoms with van der Waals surface area (Å²) in [5.74, 6) is 0.867. The normalized spacial score (nSPS) is 18.3. The number of β-amino-alcohol motifs (C(OH)–C–C–N with tert-alkyl or cyclic N) is 1. The molecule has 22 heavy (non-hydrogen) atoms. The van der Waals surface area contributed by atoms with Crippen molar-refractivity contribution >= 4 is 22.9 Å². The first kappa shape index (κ1) is 13.5. The standard InChI is InChI=1S/C16H15ClN4O/c17-12-3-1-11(2-4-12)14-9-15-16(18-6-8-21(15)19-14)20-7-5-13(22)10-20/h1-4,6,8-9,13,22H,5,7,10H2. The quantitative estimate of drug-likeness (QED) is 0.790. The minimum atomic E-state index is -0.277. The number of anilines is 1. The summed E-state index contributed by atoms with van der Waals surface area (Å²) < 4.78 is 1.83. The van der Waals surface area contributed by atoms with E-state index in [1.165, 1.54) is 0 Å². The average Bonchev–Trinajstić information content (AvgIpc) is 3.13. The van der Waals surface area contributed by atoms with Gasteiger partial charge in [-0.05, 0) is 24.6 Å². The zero-order chi connectivity index (χ0) is 15.1. The Morgan fingerprint density at radius 2 is 2.05 bits per heavy atom. The minimum Gasteiger partial charge on any atom is -0.391 e. The van der Waals surface area contributed by atoms with Crippen LogP contribution in [0.4, 0.5) is 5.82 Å². The summed E-state index contributed by atoms with van der Waals surface area (Å²) in [6.45, 7) is 1.43. The van der Waals surface area contributed by atoms with Gasteiger partial charge in [-0.2, -0.15) is 5.10 Å². The van der Waals surface area contributed by atoms with Crippen LogP contribution in [0.25, 0.3) is 16.8 Å². The summed E-state index contributed by atoms with van der Waals surface area (Å²) in [7, 11) is 0. The molecule has 2 aromatic heterocycles. The molecule has 4 rings (SSSR count). The molecule has 1 aliphatic heterocycles. The van der Waals surface area contributed by atoms with Gasteiger partial charge in [0.05, 0.1) is 11.8 Å². The summed E-state index contributed by atoms with van der Waals surface area (Å²) in [6.07, 6.45) is 4.08. The fourth-order valence-corrected chi connectivity index (χ4v) is 2.97. The molecule has 0 aliphatic carbocycles. The molecule has 6 heteroatoms. The number of benzene rings is 1. The molecule has 1 aliphatic rings. The zero-order valence-corrected chi connectivity index (χ0v) is 12.6. The van der Waals surface area contributed by atoms with Gasteiger partial charge >= 0.3 is 0 Å². The van der Waals surface area contributed by atoms with Crippen LogP contribution in [0.5, 0.6) is 0 Å². The van der Waals surface area contributed by atoms with Crippen LogP contribution in [0.1, 0.15) is 6.42 Å². The topological polar surface area (TPSA) is 53.7 Å². The lowest BCUT2D eigenvalue weighted by Gasteiger charge is -2.16. The second-order valence-corrected chi connectivity index (χ2v) is 5.94. The lowest BCUT2D eigenvalue weighted by Crippen LogP contribution is -2.22. The van der Waals surface area contributed by atoms with E-state index >= 15 is 0 Å². The van der Waals surface area contributed by atoms with Gasteiger partial charge in [0.1, 0.15) is 5.52 Å². The summed E-state index contributed by atoms with van der Waals surface area (Å²) in [4.78, 5) is 6.58. The van der Waals surface area contributed by atoms with Gasteiger partial charge < -0.3 is 10.0 Å². The Morgan fingerprint density at radius 3 is 2.77 bits per heavy atom. The van der Waals surface area contributed by atoms with Gasteiger partial charge in [0.15, 0.2) is 5.82 Å². The molecule has 0 radical (unpaired) electrons. The Balaban J connectivity index is 1.79. The molecule has 1 fully saturated rings. The van der Waals surface area contributed by atoms with Crippen molar-refractivity contribution in [3.05, 3.63) is 47.7 Å². The first-order chi connectivity index (χ1) is 10.7. The Kier molecular flexibility index (Phi) is 3.24. The molecule has 5 nitrogen and oxygen atoms in total. The smallest absolute Gasteiger partial charge is 0.154 e. The maximum Gasteiger partial charge on any atom is 0.154 e. The van der Waals surface area contributed by atoms with Crippen molar-refractivity contribution < 1.29 is 5.11 Å². The lowest BCUT2D eigenvalue weighted by molar-refractivity contribution is 0.198. The van der Waals surface area contributed by atoms with E-state index in [1.807, 2.05) is 41.0 Å². The van der Waals surface area contributed by atoms with Crippen LogP contribution in [0, 0.1) is 0 Å². The van der Waals surface area contributed by atoms with E-state index in [0.717, 1.165) is 35.6 Å². The summed E-state index contributed by atoms with van der Waals surface area (Å²) in [6, 6.07) is 9.65. The minimum absolute atomic E-state index is 0.277. The number of nitrogens with zero attached hydrogens (tertiary/aromatic N) is 4. The maximum absolute atomic E-state index is 9.74. The highest BCUT2D eigenvalue weighted by Crippen LogP contribution is 2.27. The van der Waals surface area contributed by atoms with Crippen molar-refractivity contribution in [2.75, 3.05) is 18.0 Å². The van der Waals surface area contributed by atoms with Crippen LogP contribution in [0.2, 0.25) is 5.02 Å². The molecular weight excluding hydrogens is 300 g/mol. The Morgan fingerprint density at radius 1 is 1.23 bits per heavy atom. The highest BCUT2D eigenvalue weighted by Gasteiger charge is 2.23. The van der Waals surface area contributed by atoms with Crippen molar-refractivity contribution in [3.63, 3.8) is 0 Å². The predicted molar refractivity (Wildman–Crippen MR) is 86.3 cm³/mol. The van der Waals surface area contributed by atoms with Gasteiger partial charge in [-0.3, -0.25) is 0 Å². The lowest BCUT2D eigenvalue weighted by atomic mass is 10.1. The Hall–Kier alpha value is -2.11. The first-order valence-electron chi connectivity index (χ1n) is 7.24. The van der Waals surface area contributed by atoms with E-state index in [1.54, 1.807) is 6.20 Å².